The Morgan fingerprint density at radius 2 is 1.86 bits per heavy atom. The topological polar surface area (TPSA) is 78.5 Å². The molecule has 2 fully saturated rings. The average molecular weight is 307 g/mol. The van der Waals surface area contributed by atoms with Gasteiger partial charge in [-0.1, -0.05) is 19.3 Å². The number of hydrogen-bond donors (Lipinski definition) is 2. The molecule has 1 atom stereocenters. The van der Waals surface area contributed by atoms with Crippen LogP contribution < -0.4 is 10.6 Å². The number of halogens is 3. The highest BCUT2D eigenvalue weighted by Gasteiger charge is 2.69. The van der Waals surface area contributed by atoms with Crippen LogP contribution in [-0.4, -0.2) is 40.6 Å². The summed E-state index contributed by atoms with van der Waals surface area (Å²) in [6, 6.07) is -1.66. The Hall–Kier alpha value is -1.80. The molecule has 0 radical (unpaired) electrons. The maximum Gasteiger partial charge on any atom is 0.440 e. The first-order valence-corrected chi connectivity index (χ1v) is 6.70. The van der Waals surface area contributed by atoms with Gasteiger partial charge in [-0.3, -0.25) is 19.8 Å². The lowest BCUT2D eigenvalue weighted by atomic mass is 9.94. The number of urea groups is 1. The minimum Gasteiger partial charge on any atom is -0.318 e. The molecular weight excluding hydrogens is 291 g/mol. The molecule has 1 aliphatic carbocycles. The van der Waals surface area contributed by atoms with Crippen molar-refractivity contribution < 1.29 is 27.6 Å². The molecule has 21 heavy (non-hydrogen) atoms. The van der Waals surface area contributed by atoms with E-state index < -0.39 is 35.7 Å². The third kappa shape index (κ3) is 2.56. The van der Waals surface area contributed by atoms with Crippen molar-refractivity contribution in [3.63, 3.8) is 0 Å². The van der Waals surface area contributed by atoms with Crippen LogP contribution in [0.2, 0.25) is 0 Å². The molecular formula is C12H16F3N3O3. The maximum atomic E-state index is 13.3. The van der Waals surface area contributed by atoms with E-state index in [-0.39, 0.29) is 0 Å². The standard InChI is InChI=1S/C12H16F3N3O3/c1-7(19)16-11(12(13,14)15)9(20)18(10(21)17-11)8-5-3-2-4-6-8/h8H,2-6H2,1H3,(H,16,19)(H,17,21)/t11-/m1/s1. The second-order valence-corrected chi connectivity index (χ2v) is 5.33. The fourth-order valence-corrected chi connectivity index (χ4v) is 2.83. The molecule has 0 unspecified atom stereocenters. The Labute approximate surface area is 119 Å². The van der Waals surface area contributed by atoms with E-state index in [2.05, 4.69) is 0 Å². The van der Waals surface area contributed by atoms with Gasteiger partial charge in [-0.05, 0) is 12.8 Å². The molecule has 0 spiro atoms. The van der Waals surface area contributed by atoms with E-state index in [4.69, 9.17) is 0 Å². The molecule has 118 valence electrons. The lowest BCUT2D eigenvalue weighted by Crippen LogP contribution is -2.69. The zero-order valence-electron chi connectivity index (χ0n) is 11.4. The van der Waals surface area contributed by atoms with Gasteiger partial charge in [-0.25, -0.2) is 4.79 Å². The van der Waals surface area contributed by atoms with Gasteiger partial charge in [0.2, 0.25) is 5.91 Å². The molecule has 2 aliphatic rings. The molecule has 0 bridgehead atoms. The number of carbonyl (C=O) groups excluding carboxylic acids is 3. The monoisotopic (exact) mass is 307 g/mol. The third-order valence-corrected chi connectivity index (χ3v) is 3.78. The number of carbonyl (C=O) groups is 3. The van der Waals surface area contributed by atoms with Crippen molar-refractivity contribution in [3.8, 4) is 0 Å². The van der Waals surface area contributed by atoms with E-state index in [9.17, 15) is 27.6 Å². The predicted octanol–water partition coefficient (Wildman–Crippen LogP) is 1.27. The van der Waals surface area contributed by atoms with Gasteiger partial charge >= 0.3 is 12.2 Å². The van der Waals surface area contributed by atoms with E-state index in [1.165, 1.54) is 0 Å². The zero-order valence-corrected chi connectivity index (χ0v) is 11.4. The van der Waals surface area contributed by atoms with Crippen LogP contribution in [0.1, 0.15) is 39.0 Å². The van der Waals surface area contributed by atoms with E-state index in [0.29, 0.717) is 17.7 Å². The predicted molar refractivity (Wildman–Crippen MR) is 64.9 cm³/mol. The van der Waals surface area contributed by atoms with E-state index in [1.807, 2.05) is 0 Å². The third-order valence-electron chi connectivity index (χ3n) is 3.78. The summed E-state index contributed by atoms with van der Waals surface area (Å²) >= 11 is 0. The van der Waals surface area contributed by atoms with Crippen LogP contribution in [0, 0.1) is 0 Å². The summed E-state index contributed by atoms with van der Waals surface area (Å²) in [6.45, 7) is 0.857. The maximum absolute atomic E-state index is 13.3. The second-order valence-electron chi connectivity index (χ2n) is 5.33. The molecule has 1 aliphatic heterocycles. The van der Waals surface area contributed by atoms with Crippen LogP contribution in [0.5, 0.6) is 0 Å². The minimum atomic E-state index is -5.12. The summed E-state index contributed by atoms with van der Waals surface area (Å²) in [4.78, 5) is 35.8. The van der Waals surface area contributed by atoms with Crippen molar-refractivity contribution in [1.29, 1.82) is 0 Å². The molecule has 1 saturated carbocycles. The fourth-order valence-electron chi connectivity index (χ4n) is 2.83. The molecule has 1 heterocycles. The van der Waals surface area contributed by atoms with Crippen LogP contribution in [0.15, 0.2) is 0 Å². The molecule has 4 amide bonds. The van der Waals surface area contributed by atoms with Crippen LogP contribution in [0.25, 0.3) is 0 Å². The number of amides is 4. The fraction of sp³-hybridized carbons (Fsp3) is 0.750. The van der Waals surface area contributed by atoms with Crippen LogP contribution in [0.4, 0.5) is 18.0 Å². The molecule has 0 aromatic carbocycles. The first kappa shape index (κ1) is 15.6. The van der Waals surface area contributed by atoms with Crippen molar-refractivity contribution >= 4 is 17.8 Å². The number of nitrogens with zero attached hydrogens (tertiary/aromatic N) is 1. The van der Waals surface area contributed by atoms with E-state index >= 15 is 0 Å². The number of imide groups is 1. The molecule has 2 N–H and O–H groups in total. The normalized spacial score (nSPS) is 27.7. The smallest absolute Gasteiger partial charge is 0.318 e. The van der Waals surface area contributed by atoms with Crippen molar-refractivity contribution in [2.75, 3.05) is 0 Å². The van der Waals surface area contributed by atoms with Crippen molar-refractivity contribution in [3.05, 3.63) is 0 Å². The van der Waals surface area contributed by atoms with Gasteiger partial charge in [0, 0.05) is 13.0 Å². The summed E-state index contributed by atoms with van der Waals surface area (Å²) in [6.07, 6.45) is -1.73. The van der Waals surface area contributed by atoms with Crippen molar-refractivity contribution in [2.45, 2.75) is 56.9 Å². The Morgan fingerprint density at radius 1 is 1.29 bits per heavy atom. The highest BCUT2D eigenvalue weighted by Crippen LogP contribution is 2.36. The van der Waals surface area contributed by atoms with Gasteiger partial charge in [-0.15, -0.1) is 0 Å². The molecule has 9 heteroatoms. The van der Waals surface area contributed by atoms with Gasteiger partial charge < -0.3 is 5.32 Å². The summed E-state index contributed by atoms with van der Waals surface area (Å²) in [5.74, 6) is -2.51. The number of alkyl halides is 3. The van der Waals surface area contributed by atoms with Crippen LogP contribution in [-0.2, 0) is 9.59 Å². The summed E-state index contributed by atoms with van der Waals surface area (Å²) in [5, 5.41) is 3.17. The number of hydrogen-bond acceptors (Lipinski definition) is 3. The van der Waals surface area contributed by atoms with Crippen LogP contribution in [0.3, 0.4) is 0 Å². The number of rotatable bonds is 2. The van der Waals surface area contributed by atoms with Crippen molar-refractivity contribution in [2.24, 2.45) is 0 Å². The van der Waals surface area contributed by atoms with Crippen molar-refractivity contribution in [1.82, 2.24) is 15.5 Å². The van der Waals surface area contributed by atoms with E-state index in [1.54, 1.807) is 10.6 Å². The SMILES string of the molecule is CC(=O)N[C@@]1(C(F)(F)F)NC(=O)N(C2CCCCC2)C1=O. The van der Waals surface area contributed by atoms with Gasteiger partial charge in [-0.2, -0.15) is 13.2 Å². The number of nitrogens with one attached hydrogen (secondary N) is 2. The second kappa shape index (κ2) is 5.19. The Morgan fingerprint density at radius 3 is 2.33 bits per heavy atom. The largest absolute Gasteiger partial charge is 0.440 e. The summed E-state index contributed by atoms with van der Waals surface area (Å²) in [5.41, 5.74) is -3.35. The first-order valence-electron chi connectivity index (χ1n) is 6.70. The van der Waals surface area contributed by atoms with Gasteiger partial charge in [0.05, 0.1) is 0 Å². The highest BCUT2D eigenvalue weighted by molar-refractivity contribution is 6.09. The molecule has 0 aromatic heterocycles. The molecule has 1 saturated heterocycles. The minimum absolute atomic E-state index is 0.479. The van der Waals surface area contributed by atoms with Gasteiger partial charge in [0.15, 0.2) is 0 Å². The lowest BCUT2D eigenvalue weighted by Gasteiger charge is -2.32. The summed E-state index contributed by atoms with van der Waals surface area (Å²) in [7, 11) is 0. The van der Waals surface area contributed by atoms with Gasteiger partial charge in [0.25, 0.3) is 11.6 Å². The Bertz CT molecular complexity index is 474. The summed E-state index contributed by atoms with van der Waals surface area (Å²) < 4.78 is 39.8. The van der Waals surface area contributed by atoms with Gasteiger partial charge in [0.1, 0.15) is 0 Å². The Kier molecular flexibility index (Phi) is 3.85. The molecule has 6 nitrogen and oxygen atoms in total. The first-order chi connectivity index (χ1) is 9.69. The van der Waals surface area contributed by atoms with Crippen LogP contribution >= 0.6 is 0 Å². The zero-order chi connectivity index (χ0) is 15.8. The Balaban J connectivity index is 2.34. The molecule has 2 rings (SSSR count). The van der Waals surface area contributed by atoms with E-state index in [0.717, 1.165) is 26.2 Å². The quantitative estimate of drug-likeness (QED) is 0.754. The highest BCUT2D eigenvalue weighted by atomic mass is 19.4. The lowest BCUT2D eigenvalue weighted by molar-refractivity contribution is -0.204. The average Bonchev–Trinajstić information content (AvgIpc) is 2.61. The molecule has 0 aromatic rings.